The van der Waals surface area contributed by atoms with Gasteiger partial charge >= 0.3 is 0 Å². The number of ether oxygens (including phenoxy) is 1. The summed E-state index contributed by atoms with van der Waals surface area (Å²) in [6.07, 6.45) is 2.67. The molecule has 0 saturated carbocycles. The van der Waals surface area contributed by atoms with Gasteiger partial charge in [0.1, 0.15) is 17.1 Å². The number of hydrogen-bond acceptors (Lipinski definition) is 5. The van der Waals surface area contributed by atoms with Crippen LogP contribution in [-0.4, -0.2) is 33.6 Å². The van der Waals surface area contributed by atoms with Crippen molar-refractivity contribution in [3.05, 3.63) is 48.0 Å². The van der Waals surface area contributed by atoms with E-state index in [2.05, 4.69) is 9.97 Å². The standard InChI is InChI=1S/C20H22N4O4/c21-19(26)15-5-4-6-16-18(15)23-20(22-16)13-8-10-14(11-9-13)28-12-3-1-2-7-17(25)24-27/h4-6,8-11,27H,1-3,7,12H2,(H2,21,26)(H,22,23)(H,24,25). The van der Waals surface area contributed by atoms with E-state index in [1.165, 1.54) is 0 Å². The second kappa shape index (κ2) is 9.01. The number of H-pyrrole nitrogens is 1. The van der Waals surface area contributed by atoms with Crippen LogP contribution in [0.15, 0.2) is 42.5 Å². The Morgan fingerprint density at radius 3 is 2.61 bits per heavy atom. The number of nitrogens with one attached hydrogen (secondary N) is 2. The Morgan fingerprint density at radius 2 is 1.89 bits per heavy atom. The fraction of sp³-hybridized carbons (Fsp3) is 0.250. The molecule has 0 aliphatic heterocycles. The number of hydroxylamine groups is 1. The molecule has 5 N–H and O–H groups in total. The van der Waals surface area contributed by atoms with E-state index in [4.69, 9.17) is 15.7 Å². The number of aromatic nitrogens is 2. The molecule has 3 rings (SSSR count). The molecular formula is C20H22N4O4. The molecule has 1 aromatic heterocycles. The minimum atomic E-state index is -0.510. The Balaban J connectivity index is 1.57. The van der Waals surface area contributed by atoms with Gasteiger partial charge in [-0.3, -0.25) is 14.8 Å². The monoisotopic (exact) mass is 382 g/mol. The van der Waals surface area contributed by atoms with Crippen LogP contribution < -0.4 is 16.0 Å². The van der Waals surface area contributed by atoms with Crippen LogP contribution >= 0.6 is 0 Å². The first kappa shape index (κ1) is 19.4. The van der Waals surface area contributed by atoms with Crippen LogP contribution in [0.5, 0.6) is 5.75 Å². The lowest BCUT2D eigenvalue weighted by Crippen LogP contribution is -2.17. The predicted octanol–water partition coefficient (Wildman–Crippen LogP) is 2.77. The molecule has 2 amide bonds. The first-order valence-corrected chi connectivity index (χ1v) is 9.03. The Bertz CT molecular complexity index is 966. The lowest BCUT2D eigenvalue weighted by molar-refractivity contribution is -0.129. The molecule has 28 heavy (non-hydrogen) atoms. The van der Waals surface area contributed by atoms with E-state index < -0.39 is 5.91 Å². The van der Waals surface area contributed by atoms with Crippen LogP contribution in [0, 0.1) is 0 Å². The number of carbonyl (C=O) groups excluding carboxylic acids is 2. The largest absolute Gasteiger partial charge is 0.494 e. The molecule has 3 aromatic rings. The predicted molar refractivity (Wildman–Crippen MR) is 104 cm³/mol. The van der Waals surface area contributed by atoms with Crippen molar-refractivity contribution in [2.45, 2.75) is 25.7 Å². The number of nitrogens with two attached hydrogens (primary N) is 1. The Hall–Kier alpha value is -3.39. The molecule has 8 heteroatoms. The maximum Gasteiger partial charge on any atom is 0.250 e. The van der Waals surface area contributed by atoms with Crippen molar-refractivity contribution in [3.8, 4) is 17.1 Å². The van der Waals surface area contributed by atoms with Crippen molar-refractivity contribution >= 4 is 22.8 Å². The third-order valence-electron chi connectivity index (χ3n) is 4.35. The number of amides is 2. The summed E-state index contributed by atoms with van der Waals surface area (Å²) in [5.41, 5.74) is 9.58. The highest BCUT2D eigenvalue weighted by molar-refractivity contribution is 6.04. The second-order valence-electron chi connectivity index (χ2n) is 6.37. The number of unbranched alkanes of at least 4 members (excludes halogenated alkanes) is 2. The number of imidazole rings is 1. The molecule has 146 valence electrons. The number of primary amides is 1. The van der Waals surface area contributed by atoms with Crippen molar-refractivity contribution in [3.63, 3.8) is 0 Å². The summed E-state index contributed by atoms with van der Waals surface area (Å²) >= 11 is 0. The minimum Gasteiger partial charge on any atom is -0.494 e. The zero-order chi connectivity index (χ0) is 19.9. The number of carbonyl (C=O) groups is 2. The van der Waals surface area contributed by atoms with Crippen LogP contribution in [0.2, 0.25) is 0 Å². The lowest BCUT2D eigenvalue weighted by Gasteiger charge is -2.06. The zero-order valence-corrected chi connectivity index (χ0v) is 15.3. The normalized spacial score (nSPS) is 10.8. The zero-order valence-electron chi connectivity index (χ0n) is 15.3. The molecule has 0 spiro atoms. The van der Waals surface area contributed by atoms with Gasteiger partial charge in [-0.2, -0.15) is 0 Å². The number of hydrogen-bond donors (Lipinski definition) is 4. The second-order valence-corrected chi connectivity index (χ2v) is 6.37. The number of para-hydroxylation sites is 1. The number of aromatic amines is 1. The van der Waals surface area contributed by atoms with E-state index in [0.29, 0.717) is 36.4 Å². The Kier molecular flexibility index (Phi) is 6.23. The summed E-state index contributed by atoms with van der Waals surface area (Å²) in [5, 5.41) is 8.42. The van der Waals surface area contributed by atoms with Gasteiger partial charge in [-0.1, -0.05) is 6.07 Å². The van der Waals surface area contributed by atoms with Gasteiger partial charge in [0, 0.05) is 12.0 Å². The smallest absolute Gasteiger partial charge is 0.250 e. The van der Waals surface area contributed by atoms with E-state index in [1.807, 2.05) is 30.3 Å². The molecular weight excluding hydrogens is 360 g/mol. The van der Waals surface area contributed by atoms with Crippen LogP contribution in [-0.2, 0) is 4.79 Å². The molecule has 2 aromatic carbocycles. The molecule has 0 bridgehead atoms. The first-order valence-electron chi connectivity index (χ1n) is 9.03. The van der Waals surface area contributed by atoms with E-state index in [1.54, 1.807) is 17.6 Å². The average molecular weight is 382 g/mol. The van der Waals surface area contributed by atoms with Crippen LogP contribution in [0.25, 0.3) is 22.4 Å². The molecule has 0 atom stereocenters. The van der Waals surface area contributed by atoms with Gasteiger partial charge in [0.25, 0.3) is 5.91 Å². The summed E-state index contributed by atoms with van der Waals surface area (Å²) < 4.78 is 5.70. The number of benzene rings is 2. The quantitative estimate of drug-likeness (QED) is 0.257. The molecule has 8 nitrogen and oxygen atoms in total. The molecule has 0 unspecified atom stereocenters. The molecule has 1 heterocycles. The van der Waals surface area contributed by atoms with Gasteiger partial charge in [0.2, 0.25) is 5.91 Å². The SMILES string of the molecule is NC(=O)c1cccc2[nH]c(-c3ccc(OCCCCCC(=O)NO)cc3)nc12. The van der Waals surface area contributed by atoms with Gasteiger partial charge in [0.15, 0.2) is 0 Å². The average Bonchev–Trinajstić information content (AvgIpc) is 3.14. The number of fused-ring (bicyclic) bond motifs is 1. The third kappa shape index (κ3) is 4.66. The molecule has 0 aliphatic rings. The number of nitrogens with zero attached hydrogens (tertiary/aromatic N) is 1. The summed E-state index contributed by atoms with van der Waals surface area (Å²) in [7, 11) is 0. The van der Waals surface area contributed by atoms with Crippen LogP contribution in [0.3, 0.4) is 0 Å². The highest BCUT2D eigenvalue weighted by Crippen LogP contribution is 2.24. The molecule has 0 saturated heterocycles. The third-order valence-corrected chi connectivity index (χ3v) is 4.35. The molecule has 0 fully saturated rings. The maximum atomic E-state index is 11.5. The molecule has 0 aliphatic carbocycles. The Morgan fingerprint density at radius 1 is 1.11 bits per heavy atom. The fourth-order valence-electron chi connectivity index (χ4n) is 2.89. The van der Waals surface area contributed by atoms with E-state index >= 15 is 0 Å². The highest BCUT2D eigenvalue weighted by Gasteiger charge is 2.12. The van der Waals surface area contributed by atoms with Crippen molar-refractivity contribution in [2.24, 2.45) is 5.73 Å². The highest BCUT2D eigenvalue weighted by atomic mass is 16.5. The van der Waals surface area contributed by atoms with Crippen LogP contribution in [0.4, 0.5) is 0 Å². The Labute approximate surface area is 161 Å². The van der Waals surface area contributed by atoms with Crippen molar-refractivity contribution in [1.29, 1.82) is 0 Å². The van der Waals surface area contributed by atoms with Crippen LogP contribution in [0.1, 0.15) is 36.0 Å². The summed E-state index contributed by atoms with van der Waals surface area (Å²) in [5.74, 6) is 0.512. The number of rotatable bonds is 9. The van der Waals surface area contributed by atoms with E-state index in [9.17, 15) is 9.59 Å². The van der Waals surface area contributed by atoms with Crippen molar-refractivity contribution in [1.82, 2.24) is 15.4 Å². The van der Waals surface area contributed by atoms with E-state index in [0.717, 1.165) is 29.7 Å². The van der Waals surface area contributed by atoms with E-state index in [-0.39, 0.29) is 5.91 Å². The van der Waals surface area contributed by atoms with Gasteiger partial charge in [-0.25, -0.2) is 10.5 Å². The van der Waals surface area contributed by atoms with Crippen molar-refractivity contribution < 1.29 is 19.5 Å². The summed E-state index contributed by atoms with van der Waals surface area (Å²) in [4.78, 5) is 30.1. The van der Waals surface area contributed by atoms with Gasteiger partial charge < -0.3 is 15.5 Å². The van der Waals surface area contributed by atoms with Crippen molar-refractivity contribution in [2.75, 3.05) is 6.61 Å². The summed E-state index contributed by atoms with van der Waals surface area (Å²) in [6.45, 7) is 0.548. The lowest BCUT2D eigenvalue weighted by atomic mass is 10.2. The maximum absolute atomic E-state index is 11.5. The summed E-state index contributed by atoms with van der Waals surface area (Å²) in [6, 6.07) is 12.8. The topological polar surface area (TPSA) is 130 Å². The van der Waals surface area contributed by atoms with Gasteiger partial charge in [-0.05, 0) is 55.7 Å². The fourth-order valence-corrected chi connectivity index (χ4v) is 2.89. The minimum absolute atomic E-state index is 0.306. The van der Waals surface area contributed by atoms with Gasteiger partial charge in [0.05, 0.1) is 17.7 Å². The first-order chi connectivity index (χ1) is 13.6. The van der Waals surface area contributed by atoms with Gasteiger partial charge in [-0.15, -0.1) is 0 Å². The molecule has 0 radical (unpaired) electrons.